The van der Waals surface area contributed by atoms with Gasteiger partial charge in [-0.05, 0) is 29.5 Å². The SMILES string of the molecule is Cc1c(I)cnn1C1CC2(C1)OCCO2. The summed E-state index contributed by atoms with van der Waals surface area (Å²) in [6.07, 6.45) is 3.79. The van der Waals surface area contributed by atoms with Gasteiger partial charge in [0.2, 0.25) is 0 Å². The van der Waals surface area contributed by atoms with E-state index >= 15 is 0 Å². The first-order chi connectivity index (χ1) is 7.20. The lowest BCUT2D eigenvalue weighted by atomic mass is 9.85. The van der Waals surface area contributed by atoms with Crippen LogP contribution < -0.4 is 0 Å². The van der Waals surface area contributed by atoms with Crippen LogP contribution in [0.1, 0.15) is 24.6 Å². The van der Waals surface area contributed by atoms with E-state index in [1.54, 1.807) is 0 Å². The second kappa shape index (κ2) is 3.43. The third-order valence-corrected chi connectivity index (χ3v) is 4.30. The molecule has 1 aromatic heterocycles. The van der Waals surface area contributed by atoms with Gasteiger partial charge in [-0.15, -0.1) is 0 Å². The van der Waals surface area contributed by atoms with Crippen molar-refractivity contribution >= 4 is 22.6 Å². The summed E-state index contributed by atoms with van der Waals surface area (Å²) in [5.41, 5.74) is 1.24. The van der Waals surface area contributed by atoms with Gasteiger partial charge in [0.05, 0.1) is 29.0 Å². The van der Waals surface area contributed by atoms with E-state index in [0.717, 1.165) is 26.1 Å². The van der Waals surface area contributed by atoms with Gasteiger partial charge in [-0.2, -0.15) is 5.10 Å². The third-order valence-electron chi connectivity index (χ3n) is 3.24. The van der Waals surface area contributed by atoms with Gasteiger partial charge in [-0.3, -0.25) is 4.68 Å². The standard InChI is InChI=1S/C10H13IN2O2/c1-7-9(11)6-12-13(7)8-4-10(5-8)14-2-3-15-10/h6,8H,2-5H2,1H3. The Balaban J connectivity index is 1.74. The van der Waals surface area contributed by atoms with E-state index in [9.17, 15) is 0 Å². The van der Waals surface area contributed by atoms with Crippen LogP contribution in [0, 0.1) is 10.5 Å². The molecular weight excluding hydrogens is 307 g/mol. The Kier molecular flexibility index (Phi) is 2.29. The van der Waals surface area contributed by atoms with Crippen molar-refractivity contribution in [1.29, 1.82) is 0 Å². The molecule has 0 N–H and O–H groups in total. The average molecular weight is 320 g/mol. The summed E-state index contributed by atoms with van der Waals surface area (Å²) >= 11 is 2.31. The van der Waals surface area contributed by atoms with Crippen molar-refractivity contribution in [2.45, 2.75) is 31.6 Å². The molecule has 0 atom stereocenters. The fourth-order valence-electron chi connectivity index (χ4n) is 2.33. The number of nitrogens with zero attached hydrogens (tertiary/aromatic N) is 2. The topological polar surface area (TPSA) is 36.3 Å². The normalized spacial score (nSPS) is 24.7. The van der Waals surface area contributed by atoms with Gasteiger partial charge in [0, 0.05) is 18.5 Å². The van der Waals surface area contributed by atoms with Gasteiger partial charge in [-0.1, -0.05) is 0 Å². The Morgan fingerprint density at radius 1 is 1.47 bits per heavy atom. The van der Waals surface area contributed by atoms with Crippen LogP contribution in [0.15, 0.2) is 6.20 Å². The van der Waals surface area contributed by atoms with Crippen molar-refractivity contribution < 1.29 is 9.47 Å². The third kappa shape index (κ3) is 1.52. The van der Waals surface area contributed by atoms with E-state index in [1.165, 1.54) is 9.26 Å². The lowest BCUT2D eigenvalue weighted by Gasteiger charge is -2.43. The predicted octanol–water partition coefficient (Wildman–Crippen LogP) is 1.87. The van der Waals surface area contributed by atoms with Gasteiger partial charge in [0.1, 0.15) is 0 Å². The molecule has 0 aromatic carbocycles. The first-order valence-electron chi connectivity index (χ1n) is 5.18. The highest BCUT2D eigenvalue weighted by atomic mass is 127. The molecule has 82 valence electrons. The molecule has 1 spiro atoms. The van der Waals surface area contributed by atoms with Crippen LogP contribution in [-0.4, -0.2) is 28.8 Å². The molecule has 5 heteroatoms. The van der Waals surface area contributed by atoms with Crippen molar-refractivity contribution in [2.75, 3.05) is 13.2 Å². The number of hydrogen-bond acceptors (Lipinski definition) is 3. The molecule has 1 saturated heterocycles. The predicted molar refractivity (Wildman–Crippen MR) is 62.6 cm³/mol. The summed E-state index contributed by atoms with van der Waals surface area (Å²) < 4.78 is 14.5. The minimum atomic E-state index is -0.269. The molecule has 4 nitrogen and oxygen atoms in total. The fourth-order valence-corrected chi connectivity index (χ4v) is 2.71. The monoisotopic (exact) mass is 320 g/mol. The lowest BCUT2D eigenvalue weighted by Crippen LogP contribution is -2.46. The molecule has 1 aromatic rings. The van der Waals surface area contributed by atoms with Crippen molar-refractivity contribution in [3.63, 3.8) is 0 Å². The largest absolute Gasteiger partial charge is 0.347 e. The number of rotatable bonds is 1. The molecule has 2 fully saturated rings. The molecular formula is C10H13IN2O2. The van der Waals surface area contributed by atoms with Crippen LogP contribution >= 0.6 is 22.6 Å². The van der Waals surface area contributed by atoms with Gasteiger partial charge in [0.25, 0.3) is 0 Å². The molecule has 1 aliphatic carbocycles. The minimum absolute atomic E-state index is 0.269. The molecule has 0 radical (unpaired) electrons. The molecule has 1 aliphatic heterocycles. The maximum Gasteiger partial charge on any atom is 0.172 e. The molecule has 0 unspecified atom stereocenters. The number of halogens is 1. The molecule has 0 amide bonds. The summed E-state index contributed by atoms with van der Waals surface area (Å²) in [7, 11) is 0. The molecule has 2 heterocycles. The fraction of sp³-hybridized carbons (Fsp3) is 0.700. The van der Waals surface area contributed by atoms with E-state index in [0.29, 0.717) is 6.04 Å². The second-order valence-electron chi connectivity index (χ2n) is 4.19. The summed E-state index contributed by atoms with van der Waals surface area (Å²) in [6.45, 7) is 3.58. The molecule has 2 aliphatic rings. The minimum Gasteiger partial charge on any atom is -0.347 e. The summed E-state index contributed by atoms with van der Waals surface area (Å²) in [5, 5.41) is 4.39. The zero-order valence-corrected chi connectivity index (χ0v) is 10.7. The van der Waals surface area contributed by atoms with Crippen LogP contribution in [0.5, 0.6) is 0 Å². The maximum absolute atomic E-state index is 5.61. The Hall–Kier alpha value is -0.140. The smallest absolute Gasteiger partial charge is 0.172 e. The van der Waals surface area contributed by atoms with E-state index < -0.39 is 0 Å². The zero-order chi connectivity index (χ0) is 10.5. The van der Waals surface area contributed by atoms with Crippen LogP contribution in [0.25, 0.3) is 0 Å². The summed E-state index contributed by atoms with van der Waals surface area (Å²) in [6, 6.07) is 0.451. The van der Waals surface area contributed by atoms with Gasteiger partial charge >= 0.3 is 0 Å². The average Bonchev–Trinajstić information content (AvgIpc) is 2.74. The summed E-state index contributed by atoms with van der Waals surface area (Å²) in [4.78, 5) is 0. The van der Waals surface area contributed by atoms with Crippen LogP contribution in [0.3, 0.4) is 0 Å². The van der Waals surface area contributed by atoms with Gasteiger partial charge in [-0.25, -0.2) is 0 Å². The quantitative estimate of drug-likeness (QED) is 0.741. The van der Waals surface area contributed by atoms with Crippen molar-refractivity contribution in [2.24, 2.45) is 0 Å². The highest BCUT2D eigenvalue weighted by Gasteiger charge is 2.50. The second-order valence-corrected chi connectivity index (χ2v) is 5.35. The van der Waals surface area contributed by atoms with Gasteiger partial charge in [0.15, 0.2) is 5.79 Å². The number of hydrogen-bond donors (Lipinski definition) is 0. The Morgan fingerprint density at radius 3 is 2.67 bits per heavy atom. The first kappa shape index (κ1) is 10.0. The number of ether oxygens (including phenoxy) is 2. The molecule has 15 heavy (non-hydrogen) atoms. The van der Waals surface area contributed by atoms with E-state index in [2.05, 4.69) is 39.3 Å². The summed E-state index contributed by atoms with van der Waals surface area (Å²) in [5.74, 6) is -0.269. The van der Waals surface area contributed by atoms with E-state index in [-0.39, 0.29) is 5.79 Å². The Bertz CT molecular complexity index is 377. The van der Waals surface area contributed by atoms with E-state index in [1.807, 2.05) is 6.20 Å². The van der Waals surface area contributed by atoms with Crippen molar-refractivity contribution in [3.05, 3.63) is 15.5 Å². The zero-order valence-electron chi connectivity index (χ0n) is 8.57. The van der Waals surface area contributed by atoms with Crippen molar-refractivity contribution in [3.8, 4) is 0 Å². The van der Waals surface area contributed by atoms with Gasteiger partial charge < -0.3 is 9.47 Å². The first-order valence-corrected chi connectivity index (χ1v) is 6.26. The number of aromatic nitrogens is 2. The highest BCUT2D eigenvalue weighted by molar-refractivity contribution is 14.1. The van der Waals surface area contributed by atoms with Crippen LogP contribution in [-0.2, 0) is 9.47 Å². The molecule has 1 saturated carbocycles. The van der Waals surface area contributed by atoms with E-state index in [4.69, 9.17) is 9.47 Å². The molecule has 3 rings (SSSR count). The highest BCUT2D eigenvalue weighted by Crippen LogP contribution is 2.47. The Labute approximate surface area is 102 Å². The Morgan fingerprint density at radius 2 is 2.13 bits per heavy atom. The van der Waals surface area contributed by atoms with Crippen molar-refractivity contribution in [1.82, 2.24) is 9.78 Å². The molecule has 0 bridgehead atoms. The lowest BCUT2D eigenvalue weighted by molar-refractivity contribution is -0.227. The van der Waals surface area contributed by atoms with Crippen LogP contribution in [0.2, 0.25) is 0 Å². The maximum atomic E-state index is 5.61. The van der Waals surface area contributed by atoms with Crippen LogP contribution in [0.4, 0.5) is 0 Å².